The van der Waals surface area contributed by atoms with Crippen molar-refractivity contribution in [2.75, 3.05) is 5.73 Å². The number of nitrogen functional groups attached to an aromatic ring is 1. The van der Waals surface area contributed by atoms with Gasteiger partial charge in [-0.05, 0) is 18.2 Å². The van der Waals surface area contributed by atoms with Gasteiger partial charge in [-0.2, -0.15) is 5.10 Å². The highest BCUT2D eigenvalue weighted by Crippen LogP contribution is 2.17. The molecule has 0 aliphatic carbocycles. The molecule has 6 nitrogen and oxygen atoms in total. The first kappa shape index (κ1) is 13.5. The molecule has 0 aliphatic heterocycles. The molecule has 0 spiro atoms. The Hall–Kier alpha value is -1.93. The van der Waals surface area contributed by atoms with Crippen LogP contribution in [0, 0.1) is 5.82 Å². The molecule has 1 aromatic carbocycles. The molecule has 0 fully saturated rings. The van der Waals surface area contributed by atoms with Gasteiger partial charge in [-0.3, -0.25) is 4.68 Å². The maximum atomic E-state index is 13.5. The van der Waals surface area contributed by atoms with Gasteiger partial charge in [-0.15, -0.1) is 0 Å². The van der Waals surface area contributed by atoms with Gasteiger partial charge in [0.25, 0.3) is 0 Å². The zero-order chi connectivity index (χ0) is 14.0. The fourth-order valence-corrected chi connectivity index (χ4v) is 2.67. The Bertz CT molecular complexity index is 696. The average molecular weight is 284 g/mol. The zero-order valence-electron chi connectivity index (χ0n) is 10.2. The number of rotatable bonds is 4. The van der Waals surface area contributed by atoms with Crippen molar-refractivity contribution >= 4 is 15.7 Å². The summed E-state index contributed by atoms with van der Waals surface area (Å²) in [7, 11) is -2.23. The summed E-state index contributed by atoms with van der Waals surface area (Å²) in [5, 5.41) is 3.91. The SMILES string of the molecule is Cn1cc(CNS(=O)(=O)c2cc(N)ccc2F)cn1. The average Bonchev–Trinajstić information content (AvgIpc) is 2.76. The zero-order valence-corrected chi connectivity index (χ0v) is 11.0. The normalized spacial score (nSPS) is 11.7. The number of halogens is 1. The lowest BCUT2D eigenvalue weighted by atomic mass is 10.3. The number of sulfonamides is 1. The van der Waals surface area contributed by atoms with Crippen LogP contribution in [0.15, 0.2) is 35.5 Å². The van der Waals surface area contributed by atoms with E-state index < -0.39 is 20.7 Å². The van der Waals surface area contributed by atoms with Crippen molar-refractivity contribution in [3.8, 4) is 0 Å². The Kier molecular flexibility index (Phi) is 3.54. The Morgan fingerprint density at radius 3 is 2.84 bits per heavy atom. The molecule has 3 N–H and O–H groups in total. The monoisotopic (exact) mass is 284 g/mol. The summed E-state index contributed by atoms with van der Waals surface area (Å²) in [6.45, 7) is 0.0322. The molecule has 2 rings (SSSR count). The Balaban J connectivity index is 2.20. The molecule has 19 heavy (non-hydrogen) atoms. The first-order chi connectivity index (χ1) is 8.88. The summed E-state index contributed by atoms with van der Waals surface area (Å²) >= 11 is 0. The van der Waals surface area contributed by atoms with E-state index in [0.29, 0.717) is 5.56 Å². The van der Waals surface area contributed by atoms with E-state index in [0.717, 1.165) is 12.1 Å². The van der Waals surface area contributed by atoms with Gasteiger partial charge in [-0.25, -0.2) is 17.5 Å². The van der Waals surface area contributed by atoms with E-state index in [1.165, 1.54) is 12.3 Å². The summed E-state index contributed by atoms with van der Waals surface area (Å²) in [6.07, 6.45) is 3.19. The van der Waals surface area contributed by atoms with Crippen LogP contribution in [-0.4, -0.2) is 18.2 Å². The third-order valence-electron chi connectivity index (χ3n) is 2.47. The minimum absolute atomic E-state index is 0.0322. The first-order valence-electron chi connectivity index (χ1n) is 5.41. The highest BCUT2D eigenvalue weighted by molar-refractivity contribution is 7.89. The van der Waals surface area contributed by atoms with E-state index in [1.54, 1.807) is 17.9 Å². The summed E-state index contributed by atoms with van der Waals surface area (Å²) in [5.74, 6) is -0.840. The highest BCUT2D eigenvalue weighted by atomic mass is 32.2. The van der Waals surface area contributed by atoms with Crippen molar-refractivity contribution in [3.63, 3.8) is 0 Å². The second-order valence-corrected chi connectivity index (χ2v) is 5.77. The fraction of sp³-hybridized carbons (Fsp3) is 0.182. The maximum Gasteiger partial charge on any atom is 0.243 e. The minimum Gasteiger partial charge on any atom is -0.399 e. The number of hydrogen-bond donors (Lipinski definition) is 2. The lowest BCUT2D eigenvalue weighted by Gasteiger charge is -2.07. The fourth-order valence-electron chi connectivity index (χ4n) is 1.55. The van der Waals surface area contributed by atoms with Crippen molar-refractivity contribution in [2.24, 2.45) is 7.05 Å². The van der Waals surface area contributed by atoms with E-state index in [-0.39, 0.29) is 12.2 Å². The predicted molar refractivity (Wildman–Crippen MR) is 68.0 cm³/mol. The third kappa shape index (κ3) is 3.09. The number of nitrogens with one attached hydrogen (secondary N) is 1. The topological polar surface area (TPSA) is 90.0 Å². The van der Waals surface area contributed by atoms with Crippen LogP contribution in [-0.2, 0) is 23.6 Å². The third-order valence-corrected chi connectivity index (χ3v) is 3.89. The smallest absolute Gasteiger partial charge is 0.243 e. The van der Waals surface area contributed by atoms with Crippen LogP contribution >= 0.6 is 0 Å². The Morgan fingerprint density at radius 1 is 1.47 bits per heavy atom. The van der Waals surface area contributed by atoms with Crippen LogP contribution in [0.3, 0.4) is 0 Å². The molecule has 1 aromatic heterocycles. The molecule has 2 aromatic rings. The number of benzene rings is 1. The number of aryl methyl sites for hydroxylation is 1. The summed E-state index contributed by atoms with van der Waals surface area (Å²) in [6, 6.07) is 3.41. The minimum atomic E-state index is -3.94. The molecule has 1 heterocycles. The van der Waals surface area contributed by atoms with Crippen molar-refractivity contribution in [1.82, 2.24) is 14.5 Å². The van der Waals surface area contributed by atoms with Crippen molar-refractivity contribution in [3.05, 3.63) is 42.0 Å². The van der Waals surface area contributed by atoms with E-state index >= 15 is 0 Å². The summed E-state index contributed by atoms with van der Waals surface area (Å²) < 4.78 is 41.2. The van der Waals surface area contributed by atoms with Gasteiger partial charge in [0.05, 0.1) is 6.20 Å². The van der Waals surface area contributed by atoms with Gasteiger partial charge >= 0.3 is 0 Å². The van der Waals surface area contributed by atoms with Gasteiger partial charge < -0.3 is 5.73 Å². The molecular weight excluding hydrogens is 271 g/mol. The van der Waals surface area contributed by atoms with Crippen LogP contribution < -0.4 is 10.5 Å². The second kappa shape index (κ2) is 4.98. The van der Waals surface area contributed by atoms with Gasteiger partial charge in [-0.1, -0.05) is 0 Å². The van der Waals surface area contributed by atoms with Crippen molar-refractivity contribution < 1.29 is 12.8 Å². The number of anilines is 1. The molecule has 0 radical (unpaired) electrons. The molecular formula is C11H13FN4O2S. The van der Waals surface area contributed by atoms with Crippen LogP contribution in [0.2, 0.25) is 0 Å². The summed E-state index contributed by atoms with van der Waals surface area (Å²) in [5.41, 5.74) is 6.32. The largest absolute Gasteiger partial charge is 0.399 e. The molecule has 8 heteroatoms. The second-order valence-electron chi connectivity index (χ2n) is 4.04. The quantitative estimate of drug-likeness (QED) is 0.805. The molecule has 0 bridgehead atoms. The maximum absolute atomic E-state index is 13.5. The van der Waals surface area contributed by atoms with Crippen LogP contribution in [0.4, 0.5) is 10.1 Å². The molecule has 0 amide bonds. The lowest BCUT2D eigenvalue weighted by Crippen LogP contribution is -2.24. The number of hydrogen-bond acceptors (Lipinski definition) is 4. The van der Waals surface area contributed by atoms with Crippen LogP contribution in [0.25, 0.3) is 0 Å². The van der Waals surface area contributed by atoms with E-state index in [1.807, 2.05) is 0 Å². The van der Waals surface area contributed by atoms with Crippen LogP contribution in [0.1, 0.15) is 5.56 Å². The van der Waals surface area contributed by atoms with E-state index in [4.69, 9.17) is 5.73 Å². The molecule has 0 aliphatic rings. The molecule has 0 atom stereocenters. The van der Waals surface area contributed by atoms with Crippen molar-refractivity contribution in [2.45, 2.75) is 11.4 Å². The molecule has 0 unspecified atom stereocenters. The molecule has 0 saturated heterocycles. The first-order valence-corrected chi connectivity index (χ1v) is 6.89. The molecule has 0 saturated carbocycles. The predicted octanol–water partition coefficient (Wildman–Crippen LogP) is 0.620. The van der Waals surface area contributed by atoms with Crippen molar-refractivity contribution in [1.29, 1.82) is 0 Å². The van der Waals surface area contributed by atoms with Gasteiger partial charge in [0.1, 0.15) is 10.7 Å². The highest BCUT2D eigenvalue weighted by Gasteiger charge is 2.19. The van der Waals surface area contributed by atoms with Gasteiger partial charge in [0.15, 0.2) is 0 Å². The van der Waals surface area contributed by atoms with E-state index in [2.05, 4.69) is 9.82 Å². The number of nitrogens with zero attached hydrogens (tertiary/aromatic N) is 2. The Morgan fingerprint density at radius 2 is 2.21 bits per heavy atom. The van der Waals surface area contributed by atoms with Gasteiger partial charge in [0, 0.05) is 31.0 Å². The van der Waals surface area contributed by atoms with Crippen LogP contribution in [0.5, 0.6) is 0 Å². The summed E-state index contributed by atoms with van der Waals surface area (Å²) in [4.78, 5) is -0.462. The standard InChI is InChI=1S/C11H13FN4O2S/c1-16-7-8(5-14-16)6-15-19(17,18)11-4-9(13)2-3-10(11)12/h2-5,7,15H,6,13H2,1H3. The number of nitrogens with two attached hydrogens (primary N) is 1. The number of aromatic nitrogens is 2. The van der Waals surface area contributed by atoms with E-state index in [9.17, 15) is 12.8 Å². The Labute approximate surface area is 110 Å². The van der Waals surface area contributed by atoms with Gasteiger partial charge in [0.2, 0.25) is 10.0 Å². The molecule has 102 valence electrons. The lowest BCUT2D eigenvalue weighted by molar-refractivity contribution is 0.557.